The maximum absolute atomic E-state index is 12.1. The van der Waals surface area contributed by atoms with E-state index in [4.69, 9.17) is 0 Å². The summed E-state index contributed by atoms with van der Waals surface area (Å²) in [4.78, 5) is 33.5. The Morgan fingerprint density at radius 3 is 2.79 bits per heavy atom. The summed E-state index contributed by atoms with van der Waals surface area (Å²) >= 11 is 0. The molecule has 0 aliphatic rings. The molecule has 2 N–H and O–H groups in total. The second kappa shape index (κ2) is 8.59. The number of carbonyl (C=O) groups is 1. The van der Waals surface area contributed by atoms with Gasteiger partial charge in [-0.25, -0.2) is 4.98 Å². The molecule has 24 heavy (non-hydrogen) atoms. The predicted molar refractivity (Wildman–Crippen MR) is 95.8 cm³/mol. The Balaban J connectivity index is 2.05. The molecular formula is C18H26N4O2. The largest absolute Gasteiger partial charge is 0.353 e. The lowest BCUT2D eigenvalue weighted by Gasteiger charge is -2.21. The third-order valence-corrected chi connectivity index (χ3v) is 3.98. The SMILES string of the molecule is CCCC(C)NC(=O)CN(CC)Cc1nc2ccccc2c(=O)[nH]1. The normalized spacial score (nSPS) is 12.5. The van der Waals surface area contributed by atoms with Crippen molar-refractivity contribution in [3.05, 3.63) is 40.4 Å². The Kier molecular flexibility index (Phi) is 6.49. The molecule has 0 aliphatic carbocycles. The number of rotatable bonds is 8. The minimum Gasteiger partial charge on any atom is -0.353 e. The molecule has 1 heterocycles. The Morgan fingerprint density at radius 1 is 1.33 bits per heavy atom. The van der Waals surface area contributed by atoms with E-state index in [1.807, 2.05) is 36.9 Å². The summed E-state index contributed by atoms with van der Waals surface area (Å²) in [5.74, 6) is 0.580. The van der Waals surface area contributed by atoms with Crippen LogP contribution >= 0.6 is 0 Å². The summed E-state index contributed by atoms with van der Waals surface area (Å²) in [6.07, 6.45) is 2.01. The second-order valence-electron chi connectivity index (χ2n) is 6.09. The van der Waals surface area contributed by atoms with Crippen LogP contribution in [0, 0.1) is 0 Å². The lowest BCUT2D eigenvalue weighted by Crippen LogP contribution is -2.41. The van der Waals surface area contributed by atoms with Gasteiger partial charge in [0.1, 0.15) is 5.82 Å². The molecule has 6 nitrogen and oxygen atoms in total. The monoisotopic (exact) mass is 330 g/mol. The zero-order valence-corrected chi connectivity index (χ0v) is 14.6. The summed E-state index contributed by atoms with van der Waals surface area (Å²) in [7, 11) is 0. The summed E-state index contributed by atoms with van der Waals surface area (Å²) in [5.41, 5.74) is 0.529. The fourth-order valence-electron chi connectivity index (χ4n) is 2.73. The highest BCUT2D eigenvalue weighted by molar-refractivity contribution is 5.78. The van der Waals surface area contributed by atoms with Crippen molar-refractivity contribution < 1.29 is 4.79 Å². The quantitative estimate of drug-likeness (QED) is 0.776. The molecule has 0 bridgehead atoms. The second-order valence-corrected chi connectivity index (χ2v) is 6.09. The van der Waals surface area contributed by atoms with E-state index in [1.165, 1.54) is 0 Å². The van der Waals surface area contributed by atoms with Gasteiger partial charge in [0.25, 0.3) is 5.56 Å². The first-order valence-corrected chi connectivity index (χ1v) is 8.53. The van der Waals surface area contributed by atoms with Crippen LogP contribution in [-0.4, -0.2) is 39.9 Å². The van der Waals surface area contributed by atoms with Gasteiger partial charge in [-0.1, -0.05) is 32.4 Å². The minimum absolute atomic E-state index is 0.000867. The molecule has 1 aromatic heterocycles. The molecule has 0 fully saturated rings. The molecule has 130 valence electrons. The van der Waals surface area contributed by atoms with E-state index in [9.17, 15) is 9.59 Å². The summed E-state index contributed by atoms with van der Waals surface area (Å²) in [5, 5.41) is 3.58. The number of fused-ring (bicyclic) bond motifs is 1. The van der Waals surface area contributed by atoms with E-state index in [-0.39, 0.29) is 17.5 Å². The number of nitrogens with zero attached hydrogens (tertiary/aromatic N) is 2. The molecule has 1 aromatic carbocycles. The molecule has 1 amide bonds. The van der Waals surface area contributed by atoms with Crippen molar-refractivity contribution in [1.82, 2.24) is 20.2 Å². The van der Waals surface area contributed by atoms with Gasteiger partial charge in [0.05, 0.1) is 24.0 Å². The van der Waals surface area contributed by atoms with E-state index in [1.54, 1.807) is 6.07 Å². The van der Waals surface area contributed by atoms with Crippen molar-refractivity contribution in [3.63, 3.8) is 0 Å². The van der Waals surface area contributed by atoms with Gasteiger partial charge >= 0.3 is 0 Å². The standard InChI is InChI=1S/C18H26N4O2/c1-4-8-13(3)19-17(23)12-22(5-2)11-16-20-15-10-7-6-9-14(15)18(24)21-16/h6-7,9-10,13H,4-5,8,11-12H2,1-3H3,(H,19,23)(H,20,21,24). The molecule has 2 aromatic rings. The van der Waals surface area contributed by atoms with E-state index < -0.39 is 0 Å². The van der Waals surface area contributed by atoms with E-state index in [2.05, 4.69) is 22.2 Å². The average molecular weight is 330 g/mol. The molecule has 0 radical (unpaired) electrons. The van der Waals surface area contributed by atoms with Gasteiger partial charge in [-0.05, 0) is 32.0 Å². The third-order valence-electron chi connectivity index (χ3n) is 3.98. The van der Waals surface area contributed by atoms with Gasteiger partial charge in [-0.2, -0.15) is 0 Å². The van der Waals surface area contributed by atoms with Gasteiger partial charge in [-0.3, -0.25) is 14.5 Å². The van der Waals surface area contributed by atoms with Crippen molar-refractivity contribution in [1.29, 1.82) is 0 Å². The van der Waals surface area contributed by atoms with Gasteiger partial charge in [0.2, 0.25) is 5.91 Å². The number of hydrogen-bond donors (Lipinski definition) is 2. The van der Waals surface area contributed by atoms with Gasteiger partial charge in [-0.15, -0.1) is 0 Å². The molecule has 1 unspecified atom stereocenters. The van der Waals surface area contributed by atoms with Crippen molar-refractivity contribution in [2.45, 2.75) is 46.2 Å². The van der Waals surface area contributed by atoms with Crippen molar-refractivity contribution in [2.24, 2.45) is 0 Å². The molecule has 6 heteroatoms. The molecular weight excluding hydrogens is 304 g/mol. The smallest absolute Gasteiger partial charge is 0.258 e. The van der Waals surface area contributed by atoms with Crippen molar-refractivity contribution in [3.8, 4) is 0 Å². The fraction of sp³-hybridized carbons (Fsp3) is 0.500. The highest BCUT2D eigenvalue weighted by Crippen LogP contribution is 2.07. The predicted octanol–water partition coefficient (Wildman–Crippen LogP) is 2.05. The lowest BCUT2D eigenvalue weighted by molar-refractivity contribution is -0.123. The summed E-state index contributed by atoms with van der Waals surface area (Å²) < 4.78 is 0. The van der Waals surface area contributed by atoms with Crippen LogP contribution in [0.3, 0.4) is 0 Å². The number of para-hydroxylation sites is 1. The molecule has 2 rings (SSSR count). The maximum atomic E-state index is 12.1. The Labute approximate surface area is 142 Å². The fourth-order valence-corrected chi connectivity index (χ4v) is 2.73. The Hall–Kier alpha value is -2.21. The number of H-pyrrole nitrogens is 1. The number of aromatic nitrogens is 2. The van der Waals surface area contributed by atoms with Crippen LogP contribution in [-0.2, 0) is 11.3 Å². The average Bonchev–Trinajstić information content (AvgIpc) is 2.54. The van der Waals surface area contributed by atoms with Gasteiger partial charge < -0.3 is 10.3 Å². The number of carbonyl (C=O) groups excluding carboxylic acids is 1. The minimum atomic E-state index is -0.146. The van der Waals surface area contributed by atoms with Gasteiger partial charge in [0, 0.05) is 6.04 Å². The van der Waals surface area contributed by atoms with Crippen LogP contribution in [0.4, 0.5) is 0 Å². The first-order chi connectivity index (χ1) is 11.5. The zero-order valence-electron chi connectivity index (χ0n) is 14.6. The summed E-state index contributed by atoms with van der Waals surface area (Å²) in [6, 6.07) is 7.44. The van der Waals surface area contributed by atoms with Crippen molar-refractivity contribution >= 4 is 16.8 Å². The van der Waals surface area contributed by atoms with Gasteiger partial charge in [0.15, 0.2) is 0 Å². The maximum Gasteiger partial charge on any atom is 0.258 e. The van der Waals surface area contributed by atoms with Crippen LogP contribution in [0.5, 0.6) is 0 Å². The van der Waals surface area contributed by atoms with Crippen LogP contribution in [0.1, 0.15) is 39.4 Å². The van der Waals surface area contributed by atoms with Crippen LogP contribution in [0.25, 0.3) is 10.9 Å². The third kappa shape index (κ3) is 4.89. The Bertz CT molecular complexity index is 741. The highest BCUT2D eigenvalue weighted by atomic mass is 16.2. The molecule has 0 saturated heterocycles. The summed E-state index contributed by atoms with van der Waals surface area (Å²) in [6.45, 7) is 7.53. The first kappa shape index (κ1) is 18.1. The number of benzene rings is 1. The van der Waals surface area contributed by atoms with Crippen molar-refractivity contribution in [2.75, 3.05) is 13.1 Å². The lowest BCUT2D eigenvalue weighted by atomic mass is 10.2. The van der Waals surface area contributed by atoms with E-state index in [0.29, 0.717) is 36.4 Å². The number of nitrogens with one attached hydrogen (secondary N) is 2. The molecule has 0 saturated carbocycles. The molecule has 1 atom stereocenters. The number of aromatic amines is 1. The van der Waals surface area contributed by atoms with Crippen LogP contribution in [0.2, 0.25) is 0 Å². The first-order valence-electron chi connectivity index (χ1n) is 8.53. The Morgan fingerprint density at radius 2 is 2.08 bits per heavy atom. The number of amides is 1. The zero-order chi connectivity index (χ0) is 17.5. The van der Waals surface area contributed by atoms with E-state index >= 15 is 0 Å². The number of hydrogen-bond acceptors (Lipinski definition) is 4. The van der Waals surface area contributed by atoms with Crippen LogP contribution in [0.15, 0.2) is 29.1 Å². The number of likely N-dealkylation sites (N-methyl/N-ethyl adjacent to an activating group) is 1. The topological polar surface area (TPSA) is 78.1 Å². The highest BCUT2D eigenvalue weighted by Gasteiger charge is 2.13. The van der Waals surface area contributed by atoms with Crippen LogP contribution < -0.4 is 10.9 Å². The van der Waals surface area contributed by atoms with E-state index in [0.717, 1.165) is 12.8 Å². The molecule has 0 spiro atoms. The molecule has 0 aliphatic heterocycles.